The van der Waals surface area contributed by atoms with E-state index in [0.717, 1.165) is 18.4 Å². The lowest BCUT2D eigenvalue weighted by molar-refractivity contribution is -0.384. The summed E-state index contributed by atoms with van der Waals surface area (Å²) in [6.45, 7) is 2.71. The number of ether oxygens (including phenoxy) is 1. The summed E-state index contributed by atoms with van der Waals surface area (Å²) >= 11 is 1.29. The van der Waals surface area contributed by atoms with E-state index < -0.39 is 4.92 Å². The molecule has 0 atom stereocenters. The van der Waals surface area contributed by atoms with Crippen molar-refractivity contribution in [1.82, 2.24) is 4.98 Å². The average molecular weight is 397 g/mol. The van der Waals surface area contributed by atoms with Gasteiger partial charge in [-0.2, -0.15) is 0 Å². The molecule has 0 aliphatic carbocycles. The predicted octanol–water partition coefficient (Wildman–Crippen LogP) is 5.15. The van der Waals surface area contributed by atoms with Crippen LogP contribution in [-0.2, 0) is 0 Å². The van der Waals surface area contributed by atoms with Crippen molar-refractivity contribution in [3.63, 3.8) is 0 Å². The molecule has 8 heteroatoms. The second-order valence-corrected chi connectivity index (χ2v) is 6.88. The van der Waals surface area contributed by atoms with Gasteiger partial charge in [-0.05, 0) is 36.8 Å². The van der Waals surface area contributed by atoms with Crippen molar-refractivity contribution in [2.24, 2.45) is 0 Å². The third-order valence-corrected chi connectivity index (χ3v) is 4.72. The first-order chi connectivity index (χ1) is 13.6. The second-order valence-electron chi connectivity index (χ2n) is 6.03. The SMILES string of the molecule is CCCCOc1cccc(C(=O)Nc2nc(-c3ccc([N+](=O)[O-])cc3)cs2)c1. The molecule has 1 amide bonds. The lowest BCUT2D eigenvalue weighted by Crippen LogP contribution is -2.11. The van der Waals surface area contributed by atoms with Gasteiger partial charge in [0.05, 0.1) is 17.2 Å². The number of benzene rings is 2. The number of unbranched alkanes of at least 4 members (excludes halogenated alkanes) is 1. The van der Waals surface area contributed by atoms with Crippen LogP contribution in [0.2, 0.25) is 0 Å². The number of rotatable bonds is 8. The van der Waals surface area contributed by atoms with E-state index in [0.29, 0.717) is 28.7 Å². The Morgan fingerprint density at radius 3 is 2.75 bits per heavy atom. The van der Waals surface area contributed by atoms with Crippen LogP contribution in [-0.4, -0.2) is 22.4 Å². The Balaban J connectivity index is 1.67. The van der Waals surface area contributed by atoms with Crippen molar-refractivity contribution in [3.8, 4) is 17.0 Å². The van der Waals surface area contributed by atoms with E-state index in [-0.39, 0.29) is 11.6 Å². The van der Waals surface area contributed by atoms with Crippen molar-refractivity contribution >= 4 is 28.1 Å². The first-order valence-corrected chi connectivity index (χ1v) is 9.69. The molecular formula is C20H19N3O4S. The Labute approximate surface area is 166 Å². The summed E-state index contributed by atoms with van der Waals surface area (Å²) in [5, 5.41) is 15.8. The highest BCUT2D eigenvalue weighted by atomic mass is 32.1. The van der Waals surface area contributed by atoms with Gasteiger partial charge in [0.25, 0.3) is 11.6 Å². The number of carbonyl (C=O) groups is 1. The maximum Gasteiger partial charge on any atom is 0.269 e. The van der Waals surface area contributed by atoms with Gasteiger partial charge >= 0.3 is 0 Å². The topological polar surface area (TPSA) is 94.4 Å². The number of nitrogens with zero attached hydrogens (tertiary/aromatic N) is 2. The monoisotopic (exact) mass is 397 g/mol. The Morgan fingerprint density at radius 2 is 2.04 bits per heavy atom. The number of nitro groups is 1. The number of amides is 1. The van der Waals surface area contributed by atoms with Crippen LogP contribution in [0, 0.1) is 10.1 Å². The Morgan fingerprint density at radius 1 is 1.25 bits per heavy atom. The van der Waals surface area contributed by atoms with Gasteiger partial charge in [-0.1, -0.05) is 19.4 Å². The minimum atomic E-state index is -0.448. The maximum atomic E-state index is 12.5. The summed E-state index contributed by atoms with van der Waals surface area (Å²) in [5.41, 5.74) is 1.90. The maximum absolute atomic E-state index is 12.5. The van der Waals surface area contributed by atoms with Crippen LogP contribution in [0.15, 0.2) is 53.9 Å². The van der Waals surface area contributed by atoms with E-state index in [4.69, 9.17) is 4.74 Å². The highest BCUT2D eigenvalue weighted by Gasteiger charge is 2.12. The van der Waals surface area contributed by atoms with Gasteiger partial charge in [0.2, 0.25) is 0 Å². The Hall–Kier alpha value is -3.26. The molecule has 0 unspecified atom stereocenters. The van der Waals surface area contributed by atoms with Gasteiger partial charge in [-0.15, -0.1) is 11.3 Å². The van der Waals surface area contributed by atoms with Gasteiger partial charge in [0.15, 0.2) is 5.13 Å². The number of nitro benzene ring substituents is 1. The molecule has 3 rings (SSSR count). The highest BCUT2D eigenvalue weighted by molar-refractivity contribution is 7.14. The molecule has 3 aromatic rings. The van der Waals surface area contributed by atoms with E-state index in [1.165, 1.54) is 23.5 Å². The molecule has 144 valence electrons. The zero-order valence-electron chi connectivity index (χ0n) is 15.3. The van der Waals surface area contributed by atoms with Crippen LogP contribution < -0.4 is 10.1 Å². The number of nitrogens with one attached hydrogen (secondary N) is 1. The molecule has 0 spiro atoms. The first-order valence-electron chi connectivity index (χ1n) is 8.81. The highest BCUT2D eigenvalue weighted by Crippen LogP contribution is 2.27. The van der Waals surface area contributed by atoms with E-state index >= 15 is 0 Å². The molecule has 0 bridgehead atoms. The minimum Gasteiger partial charge on any atom is -0.494 e. The quantitative estimate of drug-likeness (QED) is 0.322. The van der Waals surface area contributed by atoms with E-state index in [1.54, 1.807) is 35.7 Å². The third kappa shape index (κ3) is 4.92. The summed E-state index contributed by atoms with van der Waals surface area (Å²) in [5.74, 6) is 0.386. The fourth-order valence-corrected chi connectivity index (χ4v) is 3.16. The van der Waals surface area contributed by atoms with Crippen molar-refractivity contribution in [1.29, 1.82) is 0 Å². The first kappa shape index (κ1) is 19.5. The van der Waals surface area contributed by atoms with Crippen LogP contribution in [0.4, 0.5) is 10.8 Å². The van der Waals surface area contributed by atoms with Crippen molar-refractivity contribution in [2.75, 3.05) is 11.9 Å². The molecule has 0 saturated carbocycles. The number of non-ortho nitro benzene ring substituents is 1. The fourth-order valence-electron chi connectivity index (χ4n) is 2.45. The number of thiazole rings is 1. The zero-order chi connectivity index (χ0) is 19.9. The van der Waals surface area contributed by atoms with Crippen molar-refractivity contribution < 1.29 is 14.5 Å². The molecule has 28 heavy (non-hydrogen) atoms. The summed E-state index contributed by atoms with van der Waals surface area (Å²) < 4.78 is 5.63. The van der Waals surface area contributed by atoms with Crippen LogP contribution in [0.5, 0.6) is 5.75 Å². The predicted molar refractivity (Wildman–Crippen MR) is 109 cm³/mol. The van der Waals surface area contributed by atoms with Crippen molar-refractivity contribution in [2.45, 2.75) is 19.8 Å². The molecule has 1 heterocycles. The molecule has 1 aromatic heterocycles. The molecule has 0 aliphatic heterocycles. The van der Waals surface area contributed by atoms with Gasteiger partial charge < -0.3 is 4.74 Å². The summed E-state index contributed by atoms with van der Waals surface area (Å²) in [7, 11) is 0. The molecule has 0 aliphatic rings. The van der Waals surface area contributed by atoms with E-state index in [2.05, 4.69) is 17.2 Å². The lowest BCUT2D eigenvalue weighted by atomic mass is 10.1. The Bertz CT molecular complexity index is 970. The normalized spacial score (nSPS) is 10.5. The van der Waals surface area contributed by atoms with E-state index in [9.17, 15) is 14.9 Å². The number of hydrogen-bond acceptors (Lipinski definition) is 6. The van der Waals surface area contributed by atoms with Crippen LogP contribution >= 0.6 is 11.3 Å². The molecule has 1 N–H and O–H groups in total. The fraction of sp³-hybridized carbons (Fsp3) is 0.200. The summed E-state index contributed by atoms with van der Waals surface area (Å²) in [6.07, 6.45) is 2.00. The van der Waals surface area contributed by atoms with Crippen LogP contribution in [0.1, 0.15) is 30.1 Å². The molecule has 0 radical (unpaired) electrons. The number of carbonyl (C=O) groups excluding carboxylic acids is 1. The number of aromatic nitrogens is 1. The lowest BCUT2D eigenvalue weighted by Gasteiger charge is -2.07. The second kappa shape index (κ2) is 9.09. The van der Waals surface area contributed by atoms with Gasteiger partial charge in [-0.25, -0.2) is 4.98 Å². The third-order valence-electron chi connectivity index (χ3n) is 3.96. The van der Waals surface area contributed by atoms with Crippen molar-refractivity contribution in [3.05, 3.63) is 69.6 Å². The minimum absolute atomic E-state index is 0.0218. The molecular weight excluding hydrogens is 378 g/mol. The van der Waals surface area contributed by atoms with Crippen LogP contribution in [0.25, 0.3) is 11.3 Å². The summed E-state index contributed by atoms with van der Waals surface area (Å²) in [6, 6.07) is 13.1. The largest absolute Gasteiger partial charge is 0.494 e. The van der Waals surface area contributed by atoms with Gasteiger partial charge in [0.1, 0.15) is 5.75 Å². The average Bonchev–Trinajstić information content (AvgIpc) is 3.17. The van der Waals surface area contributed by atoms with Crippen LogP contribution in [0.3, 0.4) is 0 Å². The smallest absolute Gasteiger partial charge is 0.269 e. The molecule has 0 fully saturated rings. The van der Waals surface area contributed by atoms with Gasteiger partial charge in [0, 0.05) is 28.6 Å². The number of hydrogen-bond donors (Lipinski definition) is 1. The van der Waals surface area contributed by atoms with E-state index in [1.807, 2.05) is 6.07 Å². The molecule has 0 saturated heterocycles. The summed E-state index contributed by atoms with van der Waals surface area (Å²) in [4.78, 5) is 27.2. The standard InChI is InChI=1S/C20H19N3O4S/c1-2-3-11-27-17-6-4-5-15(12-17)19(24)22-20-21-18(13-28-20)14-7-9-16(10-8-14)23(25)26/h4-10,12-13H,2-3,11H2,1H3,(H,21,22,24). The molecule has 7 nitrogen and oxygen atoms in total. The Kier molecular flexibility index (Phi) is 6.33. The zero-order valence-corrected chi connectivity index (χ0v) is 16.1. The molecule has 2 aromatic carbocycles. The number of anilines is 1. The van der Waals surface area contributed by atoms with Gasteiger partial charge in [-0.3, -0.25) is 20.2 Å².